The topological polar surface area (TPSA) is 78.3 Å². The van der Waals surface area contributed by atoms with Gasteiger partial charge in [-0.05, 0) is 42.9 Å². The number of aromatic nitrogens is 1. The summed E-state index contributed by atoms with van der Waals surface area (Å²) in [5.41, 5.74) is 2.32. The van der Waals surface area contributed by atoms with E-state index in [0.717, 1.165) is 31.5 Å². The highest BCUT2D eigenvalue weighted by atomic mass is 16.4. The van der Waals surface area contributed by atoms with Crippen molar-refractivity contribution >= 4 is 17.0 Å². The summed E-state index contributed by atoms with van der Waals surface area (Å²) in [6.07, 6.45) is 1.86. The Balaban J connectivity index is 1.71. The molecule has 2 aromatic rings. The summed E-state index contributed by atoms with van der Waals surface area (Å²) in [5, 5.41) is 3.45. The predicted molar refractivity (Wildman–Crippen MR) is 97.4 cm³/mol. The summed E-state index contributed by atoms with van der Waals surface area (Å²) in [6, 6.07) is 5.47. The summed E-state index contributed by atoms with van der Waals surface area (Å²) in [7, 11) is 0. The number of hydrogen-bond acceptors (Lipinski definition) is 4. The van der Waals surface area contributed by atoms with E-state index >= 15 is 0 Å². The molecule has 2 unspecified atom stereocenters. The van der Waals surface area contributed by atoms with Crippen LogP contribution in [0.25, 0.3) is 11.1 Å². The molecular formula is C19H27N3O3. The van der Waals surface area contributed by atoms with E-state index in [1.54, 1.807) is 0 Å². The van der Waals surface area contributed by atoms with Gasteiger partial charge in [0.25, 0.3) is 0 Å². The van der Waals surface area contributed by atoms with Gasteiger partial charge in [0.1, 0.15) is 0 Å². The molecule has 6 nitrogen and oxygen atoms in total. The summed E-state index contributed by atoms with van der Waals surface area (Å²) >= 11 is 0. The Labute approximate surface area is 147 Å². The SMILES string of the molecule is CC(NC1CCCN(CC(C)(C)C)C1=O)c1ccc2[nH]c(=O)oc2c1. The summed E-state index contributed by atoms with van der Waals surface area (Å²) in [6.45, 7) is 10.1. The molecule has 2 N–H and O–H groups in total. The number of nitrogens with one attached hydrogen (secondary N) is 2. The Morgan fingerprint density at radius 2 is 2.12 bits per heavy atom. The van der Waals surface area contributed by atoms with Crippen molar-refractivity contribution < 1.29 is 9.21 Å². The summed E-state index contributed by atoms with van der Waals surface area (Å²) in [4.78, 5) is 28.7. The number of benzene rings is 1. The van der Waals surface area contributed by atoms with Gasteiger partial charge in [0.05, 0.1) is 11.6 Å². The molecule has 0 bridgehead atoms. The van der Waals surface area contributed by atoms with Crippen LogP contribution in [0.5, 0.6) is 0 Å². The third kappa shape index (κ3) is 4.12. The third-order valence-electron chi connectivity index (χ3n) is 4.59. The molecule has 1 aliphatic heterocycles. The highest BCUT2D eigenvalue weighted by molar-refractivity contribution is 5.82. The number of carbonyl (C=O) groups is 1. The van der Waals surface area contributed by atoms with Crippen molar-refractivity contribution in [1.82, 2.24) is 15.2 Å². The van der Waals surface area contributed by atoms with E-state index in [0.29, 0.717) is 11.1 Å². The molecule has 2 heterocycles. The number of H-pyrrole nitrogens is 1. The lowest BCUT2D eigenvalue weighted by Gasteiger charge is -2.37. The van der Waals surface area contributed by atoms with Gasteiger partial charge in [-0.2, -0.15) is 0 Å². The molecule has 1 aromatic carbocycles. The van der Waals surface area contributed by atoms with Crippen molar-refractivity contribution in [2.75, 3.05) is 13.1 Å². The maximum atomic E-state index is 12.8. The monoisotopic (exact) mass is 345 g/mol. The first-order valence-electron chi connectivity index (χ1n) is 8.90. The van der Waals surface area contributed by atoms with Gasteiger partial charge >= 0.3 is 5.76 Å². The van der Waals surface area contributed by atoms with Gasteiger partial charge in [-0.1, -0.05) is 26.8 Å². The number of piperidine rings is 1. The maximum absolute atomic E-state index is 12.8. The van der Waals surface area contributed by atoms with E-state index in [1.165, 1.54) is 0 Å². The van der Waals surface area contributed by atoms with Crippen molar-refractivity contribution in [3.63, 3.8) is 0 Å². The Bertz CT molecular complexity index is 815. The second-order valence-electron chi connectivity index (χ2n) is 8.17. The number of carbonyl (C=O) groups excluding carboxylic acids is 1. The lowest BCUT2D eigenvalue weighted by atomic mass is 9.93. The first-order chi connectivity index (χ1) is 11.7. The highest BCUT2D eigenvalue weighted by Crippen LogP contribution is 2.23. The molecule has 1 saturated heterocycles. The lowest BCUT2D eigenvalue weighted by molar-refractivity contribution is -0.137. The number of nitrogens with zero attached hydrogens (tertiary/aromatic N) is 1. The van der Waals surface area contributed by atoms with Crippen LogP contribution in [0.4, 0.5) is 0 Å². The van der Waals surface area contributed by atoms with Crippen molar-refractivity contribution in [3.8, 4) is 0 Å². The minimum absolute atomic E-state index is 0.00635. The van der Waals surface area contributed by atoms with Crippen LogP contribution in [-0.4, -0.2) is 34.9 Å². The minimum atomic E-state index is -0.451. The molecule has 136 valence electrons. The molecule has 0 spiro atoms. The zero-order chi connectivity index (χ0) is 18.2. The van der Waals surface area contributed by atoms with E-state index in [9.17, 15) is 9.59 Å². The number of hydrogen-bond donors (Lipinski definition) is 2. The standard InChI is InChI=1S/C19H27N3O3/c1-12(13-7-8-14-16(10-13)25-18(24)21-14)20-15-6-5-9-22(17(15)23)11-19(2,3)4/h7-8,10,12,15,20H,5-6,9,11H2,1-4H3,(H,21,24). The first-order valence-corrected chi connectivity index (χ1v) is 8.90. The third-order valence-corrected chi connectivity index (χ3v) is 4.59. The Morgan fingerprint density at radius 1 is 1.36 bits per heavy atom. The normalized spacial score (nSPS) is 20.2. The van der Waals surface area contributed by atoms with Crippen LogP contribution in [0.1, 0.15) is 52.1 Å². The Hall–Kier alpha value is -2.08. The van der Waals surface area contributed by atoms with Crippen LogP contribution in [0, 0.1) is 5.41 Å². The van der Waals surface area contributed by atoms with Crippen molar-refractivity contribution in [2.45, 2.75) is 52.6 Å². The van der Waals surface area contributed by atoms with Gasteiger partial charge in [-0.3, -0.25) is 15.1 Å². The zero-order valence-corrected chi connectivity index (χ0v) is 15.4. The van der Waals surface area contributed by atoms with Gasteiger partial charge in [0.2, 0.25) is 5.91 Å². The van der Waals surface area contributed by atoms with Crippen molar-refractivity contribution in [3.05, 3.63) is 34.3 Å². The number of aromatic amines is 1. The van der Waals surface area contributed by atoms with E-state index in [-0.39, 0.29) is 23.4 Å². The van der Waals surface area contributed by atoms with Crippen LogP contribution in [0.3, 0.4) is 0 Å². The van der Waals surface area contributed by atoms with Crippen LogP contribution in [0.2, 0.25) is 0 Å². The number of rotatable bonds is 4. The second kappa shape index (κ2) is 6.67. The van der Waals surface area contributed by atoms with Gasteiger partial charge in [0.15, 0.2) is 5.58 Å². The van der Waals surface area contributed by atoms with Crippen LogP contribution in [-0.2, 0) is 4.79 Å². The molecule has 0 saturated carbocycles. The van der Waals surface area contributed by atoms with Gasteiger partial charge in [-0.15, -0.1) is 0 Å². The number of oxazole rings is 1. The number of amides is 1. The summed E-state index contributed by atoms with van der Waals surface area (Å²) < 4.78 is 5.13. The first kappa shape index (κ1) is 17.7. The van der Waals surface area contributed by atoms with E-state index in [4.69, 9.17) is 4.42 Å². The second-order valence-corrected chi connectivity index (χ2v) is 8.17. The maximum Gasteiger partial charge on any atom is 0.417 e. The minimum Gasteiger partial charge on any atom is -0.408 e. The molecule has 1 aliphatic rings. The van der Waals surface area contributed by atoms with Gasteiger partial charge in [0, 0.05) is 19.1 Å². The predicted octanol–water partition coefficient (Wildman–Crippen LogP) is 2.81. The molecule has 1 aromatic heterocycles. The smallest absolute Gasteiger partial charge is 0.408 e. The molecular weight excluding hydrogens is 318 g/mol. The highest BCUT2D eigenvalue weighted by Gasteiger charge is 2.31. The van der Waals surface area contributed by atoms with Crippen LogP contribution >= 0.6 is 0 Å². The molecule has 6 heteroatoms. The quantitative estimate of drug-likeness (QED) is 0.893. The fourth-order valence-corrected chi connectivity index (χ4v) is 3.45. The molecule has 3 rings (SSSR count). The number of fused-ring (bicyclic) bond motifs is 1. The van der Waals surface area contributed by atoms with E-state index in [1.807, 2.05) is 30.0 Å². The Kier molecular flexibility index (Phi) is 4.73. The lowest BCUT2D eigenvalue weighted by Crippen LogP contribution is -2.53. The molecule has 2 atom stereocenters. The van der Waals surface area contributed by atoms with Crippen LogP contribution < -0.4 is 11.1 Å². The van der Waals surface area contributed by atoms with Gasteiger partial charge in [-0.25, -0.2) is 4.79 Å². The van der Waals surface area contributed by atoms with E-state index < -0.39 is 5.76 Å². The van der Waals surface area contributed by atoms with Crippen LogP contribution in [0.15, 0.2) is 27.4 Å². The molecule has 1 amide bonds. The Morgan fingerprint density at radius 3 is 2.84 bits per heavy atom. The zero-order valence-electron chi connectivity index (χ0n) is 15.4. The van der Waals surface area contributed by atoms with E-state index in [2.05, 4.69) is 31.1 Å². The fourth-order valence-electron chi connectivity index (χ4n) is 3.45. The average Bonchev–Trinajstić information content (AvgIpc) is 2.89. The largest absolute Gasteiger partial charge is 0.417 e. The molecule has 0 aliphatic carbocycles. The van der Waals surface area contributed by atoms with Crippen molar-refractivity contribution in [1.29, 1.82) is 0 Å². The van der Waals surface area contributed by atoms with Crippen molar-refractivity contribution in [2.24, 2.45) is 5.41 Å². The number of likely N-dealkylation sites (tertiary alicyclic amines) is 1. The molecule has 1 fully saturated rings. The fraction of sp³-hybridized carbons (Fsp3) is 0.579. The van der Waals surface area contributed by atoms with Gasteiger partial charge < -0.3 is 9.32 Å². The molecule has 25 heavy (non-hydrogen) atoms. The average molecular weight is 345 g/mol. The molecule has 0 radical (unpaired) electrons. The summed E-state index contributed by atoms with van der Waals surface area (Å²) in [5.74, 6) is -0.268.